The number of hydrogen-bond acceptors (Lipinski definition) is 4. The maximum atomic E-state index is 5.75. The van der Waals surface area contributed by atoms with E-state index in [1.807, 2.05) is 7.05 Å². The molecule has 0 aromatic carbocycles. The van der Waals surface area contributed by atoms with Crippen molar-refractivity contribution in [3.05, 3.63) is 0 Å². The molecule has 0 aromatic heterocycles. The Morgan fingerprint density at radius 2 is 2.17 bits per heavy atom. The van der Waals surface area contributed by atoms with E-state index in [2.05, 4.69) is 41.0 Å². The summed E-state index contributed by atoms with van der Waals surface area (Å²) in [6.07, 6.45) is 1.16. The third-order valence-electron chi connectivity index (χ3n) is 4.35. The SMILES string of the molecule is CN=C(NCCN1CCOC(C)(C)C1)N(C)CC1CCOC1.I. The zero-order valence-electron chi connectivity index (χ0n) is 15.0. The van der Waals surface area contributed by atoms with Crippen LogP contribution in [-0.2, 0) is 9.47 Å². The Labute approximate surface area is 158 Å². The van der Waals surface area contributed by atoms with E-state index in [1.54, 1.807) is 0 Å². The Morgan fingerprint density at radius 3 is 2.78 bits per heavy atom. The summed E-state index contributed by atoms with van der Waals surface area (Å²) in [4.78, 5) is 9.05. The van der Waals surface area contributed by atoms with Crippen LogP contribution in [0.3, 0.4) is 0 Å². The van der Waals surface area contributed by atoms with E-state index in [9.17, 15) is 0 Å². The molecule has 2 rings (SSSR count). The van der Waals surface area contributed by atoms with Crippen LogP contribution < -0.4 is 5.32 Å². The molecule has 136 valence electrons. The average Bonchev–Trinajstić information content (AvgIpc) is 2.95. The van der Waals surface area contributed by atoms with Gasteiger partial charge in [-0.15, -0.1) is 24.0 Å². The Morgan fingerprint density at radius 1 is 1.39 bits per heavy atom. The molecule has 2 fully saturated rings. The lowest BCUT2D eigenvalue weighted by Crippen LogP contribution is -2.51. The Hall–Kier alpha value is -0.120. The summed E-state index contributed by atoms with van der Waals surface area (Å²) >= 11 is 0. The normalized spacial score (nSPS) is 25.0. The van der Waals surface area contributed by atoms with Crippen molar-refractivity contribution in [3.63, 3.8) is 0 Å². The first-order valence-electron chi connectivity index (χ1n) is 8.36. The first-order valence-corrected chi connectivity index (χ1v) is 8.36. The first kappa shape index (κ1) is 20.9. The third-order valence-corrected chi connectivity index (χ3v) is 4.35. The summed E-state index contributed by atoms with van der Waals surface area (Å²) in [5.41, 5.74) is -0.0286. The highest BCUT2D eigenvalue weighted by atomic mass is 127. The maximum absolute atomic E-state index is 5.75. The molecule has 7 heteroatoms. The van der Waals surface area contributed by atoms with E-state index in [0.717, 1.165) is 64.9 Å². The summed E-state index contributed by atoms with van der Waals surface area (Å²) < 4.78 is 11.2. The highest BCUT2D eigenvalue weighted by Crippen LogP contribution is 2.16. The number of halogens is 1. The van der Waals surface area contributed by atoms with E-state index in [-0.39, 0.29) is 29.6 Å². The Kier molecular flexibility index (Phi) is 9.10. The molecule has 1 N–H and O–H groups in total. The van der Waals surface area contributed by atoms with Gasteiger partial charge in [-0.1, -0.05) is 0 Å². The van der Waals surface area contributed by atoms with Crippen LogP contribution in [0.25, 0.3) is 0 Å². The molecule has 6 nitrogen and oxygen atoms in total. The number of nitrogens with one attached hydrogen (secondary N) is 1. The molecule has 1 atom stereocenters. The van der Waals surface area contributed by atoms with Crippen molar-refractivity contribution in [3.8, 4) is 0 Å². The van der Waals surface area contributed by atoms with Gasteiger partial charge in [0, 0.05) is 59.3 Å². The monoisotopic (exact) mass is 440 g/mol. The van der Waals surface area contributed by atoms with Gasteiger partial charge in [0.05, 0.1) is 18.8 Å². The predicted molar refractivity (Wildman–Crippen MR) is 105 cm³/mol. The second-order valence-electron chi connectivity index (χ2n) is 6.97. The highest BCUT2D eigenvalue weighted by Gasteiger charge is 2.26. The van der Waals surface area contributed by atoms with Crippen LogP contribution in [0, 0.1) is 5.92 Å². The zero-order valence-corrected chi connectivity index (χ0v) is 17.3. The van der Waals surface area contributed by atoms with E-state index < -0.39 is 0 Å². The first-order chi connectivity index (χ1) is 10.5. The number of hydrogen-bond donors (Lipinski definition) is 1. The van der Waals surface area contributed by atoms with E-state index in [0.29, 0.717) is 5.92 Å². The maximum Gasteiger partial charge on any atom is 0.193 e. The molecule has 0 aliphatic carbocycles. The molecule has 0 bridgehead atoms. The average molecular weight is 440 g/mol. The standard InChI is InChI=1S/C16H32N4O2.HI/c1-16(2)13-20(8-10-22-16)7-6-18-15(17-3)19(4)11-14-5-9-21-12-14;/h14H,5-13H2,1-4H3,(H,17,18);1H. The van der Waals surface area contributed by atoms with Crippen LogP contribution in [0.1, 0.15) is 20.3 Å². The largest absolute Gasteiger partial charge is 0.381 e. The zero-order chi connectivity index (χ0) is 16.0. The predicted octanol–water partition coefficient (Wildman–Crippen LogP) is 1.26. The number of ether oxygens (including phenoxy) is 2. The molecule has 1 unspecified atom stereocenters. The van der Waals surface area contributed by atoms with Gasteiger partial charge in [0.1, 0.15) is 0 Å². The van der Waals surface area contributed by atoms with Gasteiger partial charge in [0.25, 0.3) is 0 Å². The summed E-state index contributed by atoms with van der Waals surface area (Å²) in [5.74, 6) is 1.60. The highest BCUT2D eigenvalue weighted by molar-refractivity contribution is 14.0. The van der Waals surface area contributed by atoms with Crippen molar-refractivity contribution >= 4 is 29.9 Å². The molecule has 0 radical (unpaired) electrons. The van der Waals surface area contributed by atoms with Gasteiger partial charge >= 0.3 is 0 Å². The van der Waals surface area contributed by atoms with Crippen molar-refractivity contribution in [2.45, 2.75) is 25.9 Å². The number of aliphatic imine (C=N–C) groups is 1. The van der Waals surface area contributed by atoms with Gasteiger partial charge in [-0.25, -0.2) is 0 Å². The third kappa shape index (κ3) is 7.11. The van der Waals surface area contributed by atoms with E-state index in [4.69, 9.17) is 9.47 Å². The molecule has 2 aliphatic heterocycles. The topological polar surface area (TPSA) is 49.3 Å². The number of morpholine rings is 1. The van der Waals surface area contributed by atoms with Crippen molar-refractivity contribution < 1.29 is 9.47 Å². The minimum atomic E-state index is -0.0286. The van der Waals surface area contributed by atoms with Gasteiger partial charge in [0.2, 0.25) is 0 Å². The van der Waals surface area contributed by atoms with Crippen LogP contribution in [0.2, 0.25) is 0 Å². The number of nitrogens with zero attached hydrogens (tertiary/aromatic N) is 3. The summed E-state index contributed by atoms with van der Waals surface area (Å²) in [6.45, 7) is 11.9. The lowest BCUT2D eigenvalue weighted by atomic mass is 10.1. The molecular formula is C16H33IN4O2. The fourth-order valence-corrected chi connectivity index (χ4v) is 3.22. The molecule has 2 heterocycles. The smallest absolute Gasteiger partial charge is 0.193 e. The van der Waals surface area contributed by atoms with Gasteiger partial charge in [0.15, 0.2) is 5.96 Å². The summed E-state index contributed by atoms with van der Waals surface area (Å²) in [5, 5.41) is 3.47. The second-order valence-corrected chi connectivity index (χ2v) is 6.97. The minimum absolute atomic E-state index is 0. The summed E-state index contributed by atoms with van der Waals surface area (Å²) in [6, 6.07) is 0. The van der Waals surface area contributed by atoms with Crippen LogP contribution in [0.15, 0.2) is 4.99 Å². The molecule has 2 aliphatic rings. The van der Waals surface area contributed by atoms with Crippen molar-refractivity contribution in [1.82, 2.24) is 15.1 Å². The minimum Gasteiger partial charge on any atom is -0.381 e. The van der Waals surface area contributed by atoms with Crippen molar-refractivity contribution in [2.24, 2.45) is 10.9 Å². The fraction of sp³-hybridized carbons (Fsp3) is 0.938. The van der Waals surface area contributed by atoms with Gasteiger partial charge in [-0.3, -0.25) is 9.89 Å². The van der Waals surface area contributed by atoms with Crippen molar-refractivity contribution in [1.29, 1.82) is 0 Å². The van der Waals surface area contributed by atoms with Gasteiger partial charge in [-0.05, 0) is 20.3 Å². The molecule has 0 saturated carbocycles. The Balaban J connectivity index is 0.00000264. The molecule has 0 spiro atoms. The van der Waals surface area contributed by atoms with Crippen LogP contribution in [-0.4, -0.2) is 88.0 Å². The van der Waals surface area contributed by atoms with E-state index >= 15 is 0 Å². The Bertz CT molecular complexity index is 373. The number of rotatable bonds is 5. The quantitative estimate of drug-likeness (QED) is 0.397. The van der Waals surface area contributed by atoms with Crippen LogP contribution in [0.4, 0.5) is 0 Å². The fourth-order valence-electron chi connectivity index (χ4n) is 3.22. The van der Waals surface area contributed by atoms with Crippen LogP contribution >= 0.6 is 24.0 Å². The van der Waals surface area contributed by atoms with Crippen molar-refractivity contribution in [2.75, 3.05) is 66.6 Å². The number of guanidine groups is 1. The molecule has 2 saturated heterocycles. The molecular weight excluding hydrogens is 407 g/mol. The van der Waals surface area contributed by atoms with E-state index in [1.165, 1.54) is 0 Å². The molecule has 0 aromatic rings. The van der Waals surface area contributed by atoms with Gasteiger partial charge in [-0.2, -0.15) is 0 Å². The summed E-state index contributed by atoms with van der Waals surface area (Å²) in [7, 11) is 3.95. The van der Waals surface area contributed by atoms with Crippen LogP contribution in [0.5, 0.6) is 0 Å². The second kappa shape index (κ2) is 10.0. The molecule has 23 heavy (non-hydrogen) atoms. The lowest BCUT2D eigenvalue weighted by Gasteiger charge is -2.38. The van der Waals surface area contributed by atoms with Gasteiger partial charge < -0.3 is 19.7 Å². The molecule has 0 amide bonds. The lowest BCUT2D eigenvalue weighted by molar-refractivity contribution is -0.0852.